The van der Waals surface area contributed by atoms with Crippen molar-refractivity contribution in [2.45, 2.75) is 38.1 Å². The Morgan fingerprint density at radius 3 is 2.22 bits per heavy atom. The van der Waals surface area contributed by atoms with Gasteiger partial charge in [-0.25, -0.2) is 8.42 Å². The standard InChI is InChI=1S/C23H29Cl2N3O3S/c1-3-28(4-2)32(30,31)20-8-6-19(7-9-20)26-23(29)18-11-13-27(14-12-18)16-17-5-10-21(24)22(25)15-17/h5-10,15,18H,3-4,11-14,16H2,1-2H3,(H,26,29). The predicted octanol–water partition coefficient (Wildman–Crippen LogP) is 4.87. The third-order valence-electron chi connectivity index (χ3n) is 5.81. The van der Waals surface area contributed by atoms with E-state index in [2.05, 4.69) is 10.2 Å². The molecule has 0 aliphatic carbocycles. The van der Waals surface area contributed by atoms with E-state index in [-0.39, 0.29) is 16.7 Å². The van der Waals surface area contributed by atoms with Crippen LogP contribution < -0.4 is 5.32 Å². The van der Waals surface area contributed by atoms with E-state index >= 15 is 0 Å². The number of benzene rings is 2. The molecule has 1 saturated heterocycles. The average Bonchev–Trinajstić information content (AvgIpc) is 2.78. The van der Waals surface area contributed by atoms with Crippen LogP contribution in [0.2, 0.25) is 10.0 Å². The van der Waals surface area contributed by atoms with E-state index in [9.17, 15) is 13.2 Å². The van der Waals surface area contributed by atoms with Crippen LogP contribution in [0.3, 0.4) is 0 Å². The van der Waals surface area contributed by atoms with E-state index < -0.39 is 10.0 Å². The van der Waals surface area contributed by atoms with Gasteiger partial charge >= 0.3 is 0 Å². The lowest BCUT2D eigenvalue weighted by atomic mass is 9.95. The van der Waals surface area contributed by atoms with Crippen LogP contribution in [0.25, 0.3) is 0 Å². The summed E-state index contributed by atoms with van der Waals surface area (Å²) < 4.78 is 26.6. The van der Waals surface area contributed by atoms with Crippen LogP contribution in [0.4, 0.5) is 5.69 Å². The zero-order chi connectivity index (χ0) is 23.3. The molecular weight excluding hydrogens is 469 g/mol. The number of nitrogens with one attached hydrogen (secondary N) is 1. The first-order chi connectivity index (χ1) is 15.2. The predicted molar refractivity (Wildman–Crippen MR) is 130 cm³/mol. The Bertz CT molecular complexity index is 1030. The molecule has 0 saturated carbocycles. The fourth-order valence-corrected chi connectivity index (χ4v) is 5.70. The Morgan fingerprint density at radius 2 is 1.66 bits per heavy atom. The number of nitrogens with zero attached hydrogens (tertiary/aromatic N) is 2. The van der Waals surface area contributed by atoms with Crippen LogP contribution in [0.1, 0.15) is 32.3 Å². The number of carbonyl (C=O) groups is 1. The highest BCUT2D eigenvalue weighted by Crippen LogP contribution is 2.26. The van der Waals surface area contributed by atoms with Crippen molar-refractivity contribution in [3.63, 3.8) is 0 Å². The van der Waals surface area contributed by atoms with Gasteiger partial charge in [0.2, 0.25) is 15.9 Å². The lowest BCUT2D eigenvalue weighted by Gasteiger charge is -2.31. The van der Waals surface area contributed by atoms with Gasteiger partial charge in [-0.15, -0.1) is 0 Å². The van der Waals surface area contributed by atoms with Crippen LogP contribution in [-0.2, 0) is 21.4 Å². The van der Waals surface area contributed by atoms with Crippen molar-refractivity contribution in [3.05, 3.63) is 58.1 Å². The zero-order valence-electron chi connectivity index (χ0n) is 18.4. The number of likely N-dealkylation sites (tertiary alicyclic amines) is 1. The third kappa shape index (κ3) is 6.02. The fourth-order valence-electron chi connectivity index (χ4n) is 3.92. The second kappa shape index (κ2) is 11.0. The van der Waals surface area contributed by atoms with Crippen LogP contribution >= 0.6 is 23.2 Å². The second-order valence-electron chi connectivity index (χ2n) is 7.90. The minimum absolute atomic E-state index is 0.0291. The maximum atomic E-state index is 12.7. The number of carbonyl (C=O) groups excluding carboxylic acids is 1. The number of sulfonamides is 1. The van der Waals surface area contributed by atoms with Crippen molar-refractivity contribution in [1.29, 1.82) is 0 Å². The number of rotatable bonds is 8. The molecule has 1 amide bonds. The van der Waals surface area contributed by atoms with Crippen LogP contribution in [-0.4, -0.2) is 49.7 Å². The molecule has 1 heterocycles. The Labute approximate surface area is 200 Å². The molecule has 0 spiro atoms. The van der Waals surface area contributed by atoms with Gasteiger partial charge in [0.25, 0.3) is 0 Å². The molecule has 1 aliphatic heterocycles. The molecular formula is C23H29Cl2N3O3S. The van der Waals surface area contributed by atoms with E-state index in [0.29, 0.717) is 28.8 Å². The van der Waals surface area contributed by atoms with E-state index in [1.165, 1.54) is 4.31 Å². The monoisotopic (exact) mass is 497 g/mol. The first-order valence-corrected chi connectivity index (χ1v) is 13.0. The SMILES string of the molecule is CCN(CC)S(=O)(=O)c1ccc(NC(=O)C2CCN(Cc3ccc(Cl)c(Cl)c3)CC2)cc1. The Balaban J connectivity index is 1.53. The van der Waals surface area contributed by atoms with Crippen LogP contribution in [0.15, 0.2) is 47.4 Å². The van der Waals surface area contributed by atoms with Gasteiger partial charge in [-0.05, 0) is 67.9 Å². The number of halogens is 2. The molecule has 3 rings (SSSR count). The van der Waals surface area contributed by atoms with E-state index in [4.69, 9.17) is 23.2 Å². The zero-order valence-corrected chi connectivity index (χ0v) is 20.7. The summed E-state index contributed by atoms with van der Waals surface area (Å²) in [5.41, 5.74) is 1.70. The van der Waals surface area contributed by atoms with Gasteiger partial charge in [-0.2, -0.15) is 4.31 Å². The molecule has 1 fully saturated rings. The van der Waals surface area contributed by atoms with Crippen molar-refractivity contribution in [3.8, 4) is 0 Å². The molecule has 6 nitrogen and oxygen atoms in total. The smallest absolute Gasteiger partial charge is 0.243 e. The summed E-state index contributed by atoms with van der Waals surface area (Å²) in [6.45, 7) is 6.87. The lowest BCUT2D eigenvalue weighted by Crippen LogP contribution is -2.37. The van der Waals surface area contributed by atoms with Gasteiger partial charge in [0.05, 0.1) is 14.9 Å². The summed E-state index contributed by atoms with van der Waals surface area (Å²) in [7, 11) is -3.50. The molecule has 2 aromatic carbocycles. The number of hydrogen-bond acceptors (Lipinski definition) is 4. The molecule has 9 heteroatoms. The van der Waals surface area contributed by atoms with Crippen molar-refractivity contribution in [2.75, 3.05) is 31.5 Å². The molecule has 0 radical (unpaired) electrons. The maximum Gasteiger partial charge on any atom is 0.243 e. The molecule has 0 bridgehead atoms. The molecule has 1 aliphatic rings. The quantitative estimate of drug-likeness (QED) is 0.564. The highest BCUT2D eigenvalue weighted by atomic mass is 35.5. The summed E-state index contributed by atoms with van der Waals surface area (Å²) in [6, 6.07) is 12.0. The molecule has 1 N–H and O–H groups in total. The molecule has 0 atom stereocenters. The second-order valence-corrected chi connectivity index (χ2v) is 10.7. The van der Waals surface area contributed by atoms with Crippen molar-refractivity contribution < 1.29 is 13.2 Å². The van der Waals surface area contributed by atoms with E-state index in [1.807, 2.05) is 26.0 Å². The Hall–Kier alpha value is -1.64. The molecule has 0 unspecified atom stereocenters. The van der Waals surface area contributed by atoms with E-state index in [1.54, 1.807) is 30.3 Å². The van der Waals surface area contributed by atoms with Gasteiger partial charge in [-0.3, -0.25) is 9.69 Å². The van der Waals surface area contributed by atoms with Crippen LogP contribution in [0.5, 0.6) is 0 Å². The van der Waals surface area contributed by atoms with Crippen LogP contribution in [0, 0.1) is 5.92 Å². The summed E-state index contributed by atoms with van der Waals surface area (Å²) in [6.07, 6.45) is 1.53. The Kier molecular flexibility index (Phi) is 8.58. The van der Waals surface area contributed by atoms with E-state index in [0.717, 1.165) is 38.0 Å². The first-order valence-electron chi connectivity index (χ1n) is 10.8. The van der Waals surface area contributed by atoms with Gasteiger partial charge in [-0.1, -0.05) is 43.1 Å². The minimum atomic E-state index is -3.50. The maximum absolute atomic E-state index is 12.7. The number of piperidine rings is 1. The summed E-state index contributed by atoms with van der Waals surface area (Å²) in [5.74, 6) is -0.0994. The van der Waals surface area contributed by atoms with Crippen molar-refractivity contribution in [2.24, 2.45) is 5.92 Å². The van der Waals surface area contributed by atoms with Gasteiger partial charge in [0, 0.05) is 31.2 Å². The Morgan fingerprint density at radius 1 is 1.03 bits per heavy atom. The first kappa shape index (κ1) is 25.0. The summed E-state index contributed by atoms with van der Waals surface area (Å²) >= 11 is 12.1. The molecule has 0 aromatic heterocycles. The molecule has 174 valence electrons. The number of amides is 1. The highest BCUT2D eigenvalue weighted by molar-refractivity contribution is 7.89. The van der Waals surface area contributed by atoms with Crippen molar-refractivity contribution >= 4 is 44.8 Å². The highest BCUT2D eigenvalue weighted by Gasteiger charge is 2.26. The van der Waals surface area contributed by atoms with Gasteiger partial charge < -0.3 is 5.32 Å². The van der Waals surface area contributed by atoms with Gasteiger partial charge in [0.15, 0.2) is 0 Å². The number of hydrogen-bond donors (Lipinski definition) is 1. The molecule has 32 heavy (non-hydrogen) atoms. The minimum Gasteiger partial charge on any atom is -0.326 e. The topological polar surface area (TPSA) is 69.7 Å². The summed E-state index contributed by atoms with van der Waals surface area (Å²) in [5, 5.41) is 4.02. The molecule has 2 aromatic rings. The van der Waals surface area contributed by atoms with Gasteiger partial charge in [0.1, 0.15) is 0 Å². The fraction of sp³-hybridized carbons (Fsp3) is 0.435. The average molecular weight is 498 g/mol. The normalized spacial score (nSPS) is 15.8. The summed E-state index contributed by atoms with van der Waals surface area (Å²) in [4.78, 5) is 15.2. The van der Waals surface area contributed by atoms with Crippen molar-refractivity contribution in [1.82, 2.24) is 9.21 Å². The largest absolute Gasteiger partial charge is 0.326 e. The lowest BCUT2D eigenvalue weighted by molar-refractivity contribution is -0.121. The number of anilines is 1. The third-order valence-corrected chi connectivity index (χ3v) is 8.62.